The highest BCUT2D eigenvalue weighted by molar-refractivity contribution is 5.75. The van der Waals surface area contributed by atoms with E-state index in [4.69, 9.17) is 10.7 Å². The Morgan fingerprint density at radius 3 is 2.76 bits per heavy atom. The molecular weight excluding hydrogens is 260 g/mol. The first kappa shape index (κ1) is 13.8. The third-order valence-electron chi connectivity index (χ3n) is 3.85. The number of pyridine rings is 1. The van der Waals surface area contributed by atoms with Crippen molar-refractivity contribution in [2.75, 3.05) is 0 Å². The summed E-state index contributed by atoms with van der Waals surface area (Å²) in [7, 11) is 0. The van der Waals surface area contributed by atoms with Crippen LogP contribution in [0, 0.1) is 6.92 Å². The minimum atomic E-state index is -0.131. The van der Waals surface area contributed by atoms with Gasteiger partial charge in [-0.15, -0.1) is 0 Å². The van der Waals surface area contributed by atoms with E-state index in [2.05, 4.69) is 22.5 Å². The molecule has 0 bridgehead atoms. The van der Waals surface area contributed by atoms with Crippen LogP contribution in [0.5, 0.6) is 0 Å². The summed E-state index contributed by atoms with van der Waals surface area (Å²) in [4.78, 5) is 9.16. The van der Waals surface area contributed by atoms with E-state index in [1.807, 2.05) is 37.3 Å². The van der Waals surface area contributed by atoms with Crippen LogP contribution in [0.2, 0.25) is 0 Å². The lowest BCUT2D eigenvalue weighted by molar-refractivity contribution is 0.622. The second kappa shape index (κ2) is 5.66. The molecule has 1 unspecified atom stereocenters. The molecule has 0 radical (unpaired) electrons. The van der Waals surface area contributed by atoms with Crippen molar-refractivity contribution in [1.29, 1.82) is 0 Å². The summed E-state index contributed by atoms with van der Waals surface area (Å²) in [5, 5.41) is 0. The fraction of sp³-hybridized carbons (Fsp3) is 0.294. The number of aryl methyl sites for hydroxylation is 2. The van der Waals surface area contributed by atoms with E-state index < -0.39 is 0 Å². The minimum absolute atomic E-state index is 0.131. The van der Waals surface area contributed by atoms with Crippen LogP contribution in [0.25, 0.3) is 11.0 Å². The predicted octanol–water partition coefficient (Wildman–Crippen LogP) is 3.00. The van der Waals surface area contributed by atoms with Crippen LogP contribution in [0.15, 0.2) is 42.6 Å². The molecule has 0 fully saturated rings. The Labute approximate surface area is 124 Å². The van der Waals surface area contributed by atoms with Gasteiger partial charge in [-0.1, -0.05) is 18.2 Å². The lowest BCUT2D eigenvalue weighted by Crippen LogP contribution is -2.18. The van der Waals surface area contributed by atoms with Gasteiger partial charge in [-0.05, 0) is 37.6 Å². The lowest BCUT2D eigenvalue weighted by Gasteiger charge is -2.14. The number of nitrogens with zero attached hydrogens (tertiary/aromatic N) is 3. The maximum atomic E-state index is 6.36. The fourth-order valence-electron chi connectivity index (χ4n) is 2.81. The molecule has 4 heteroatoms. The molecule has 0 aliphatic carbocycles. The van der Waals surface area contributed by atoms with Gasteiger partial charge in [-0.25, -0.2) is 4.98 Å². The van der Waals surface area contributed by atoms with E-state index in [1.54, 1.807) is 6.20 Å². The zero-order valence-electron chi connectivity index (χ0n) is 12.5. The number of nitrogens with two attached hydrogens (primary N) is 1. The second-order valence-corrected chi connectivity index (χ2v) is 5.28. The molecule has 2 heterocycles. The average Bonchev–Trinajstić information content (AvgIpc) is 2.84. The number of hydrogen-bond donors (Lipinski definition) is 1. The van der Waals surface area contributed by atoms with Gasteiger partial charge in [0, 0.05) is 19.2 Å². The number of rotatable bonds is 4. The first-order valence-electron chi connectivity index (χ1n) is 7.32. The molecule has 3 aromatic rings. The topological polar surface area (TPSA) is 56.7 Å². The van der Waals surface area contributed by atoms with Crippen molar-refractivity contribution in [2.45, 2.75) is 32.9 Å². The summed E-state index contributed by atoms with van der Waals surface area (Å²) in [6.07, 6.45) is 2.49. The van der Waals surface area contributed by atoms with Crippen molar-refractivity contribution in [3.05, 3.63) is 59.7 Å². The van der Waals surface area contributed by atoms with Crippen LogP contribution in [-0.4, -0.2) is 14.5 Å². The number of benzene rings is 1. The number of aromatic nitrogens is 3. The Bertz CT molecular complexity index is 760. The smallest absolute Gasteiger partial charge is 0.111 e. The van der Waals surface area contributed by atoms with Crippen LogP contribution in [-0.2, 0) is 13.0 Å². The van der Waals surface area contributed by atoms with Gasteiger partial charge in [0.2, 0.25) is 0 Å². The van der Waals surface area contributed by atoms with Gasteiger partial charge in [0.05, 0.1) is 22.8 Å². The first-order valence-corrected chi connectivity index (χ1v) is 7.32. The molecule has 0 aliphatic rings. The number of hydrogen-bond acceptors (Lipinski definition) is 3. The minimum Gasteiger partial charge on any atom is -0.328 e. The molecule has 0 saturated heterocycles. The molecule has 3 rings (SSSR count). The Kier molecular flexibility index (Phi) is 3.71. The van der Waals surface area contributed by atoms with Gasteiger partial charge in [-0.2, -0.15) is 0 Å². The zero-order chi connectivity index (χ0) is 14.8. The quantitative estimate of drug-likeness (QED) is 0.799. The second-order valence-electron chi connectivity index (χ2n) is 5.28. The summed E-state index contributed by atoms with van der Waals surface area (Å²) < 4.78 is 2.23. The summed E-state index contributed by atoms with van der Waals surface area (Å²) in [5.41, 5.74) is 10.6. The molecule has 0 aliphatic heterocycles. The number of imidazole rings is 1. The summed E-state index contributed by atoms with van der Waals surface area (Å²) >= 11 is 0. The highest BCUT2D eigenvalue weighted by Gasteiger charge is 2.16. The average molecular weight is 280 g/mol. The van der Waals surface area contributed by atoms with E-state index in [9.17, 15) is 0 Å². The summed E-state index contributed by atoms with van der Waals surface area (Å²) in [6, 6.07) is 12.1. The van der Waals surface area contributed by atoms with Crippen molar-refractivity contribution in [3.63, 3.8) is 0 Å². The van der Waals surface area contributed by atoms with Gasteiger partial charge in [0.1, 0.15) is 5.82 Å². The van der Waals surface area contributed by atoms with Crippen molar-refractivity contribution < 1.29 is 0 Å². The maximum Gasteiger partial charge on any atom is 0.111 e. The SMILES string of the molecule is CCn1c(CC(N)c2ncccc2C)nc2ccccc21. The molecule has 0 amide bonds. The maximum absolute atomic E-state index is 6.36. The standard InChI is InChI=1S/C17H20N4/c1-3-21-15-9-5-4-8-14(15)20-16(21)11-13(18)17-12(2)7-6-10-19-17/h4-10,13H,3,11,18H2,1-2H3. The van der Waals surface area contributed by atoms with Crippen molar-refractivity contribution >= 4 is 11.0 Å². The third-order valence-corrected chi connectivity index (χ3v) is 3.85. The molecule has 21 heavy (non-hydrogen) atoms. The molecule has 108 valence electrons. The molecule has 1 atom stereocenters. The van der Waals surface area contributed by atoms with Crippen LogP contribution in [0.3, 0.4) is 0 Å². The van der Waals surface area contributed by atoms with E-state index in [-0.39, 0.29) is 6.04 Å². The van der Waals surface area contributed by atoms with E-state index in [0.717, 1.165) is 29.1 Å². The molecule has 0 spiro atoms. The number of fused-ring (bicyclic) bond motifs is 1. The van der Waals surface area contributed by atoms with Crippen LogP contribution in [0.4, 0.5) is 0 Å². The highest BCUT2D eigenvalue weighted by Crippen LogP contribution is 2.21. The lowest BCUT2D eigenvalue weighted by atomic mass is 10.1. The fourth-order valence-corrected chi connectivity index (χ4v) is 2.81. The van der Waals surface area contributed by atoms with Crippen molar-refractivity contribution in [1.82, 2.24) is 14.5 Å². The molecule has 0 saturated carbocycles. The highest BCUT2D eigenvalue weighted by atomic mass is 15.1. The zero-order valence-corrected chi connectivity index (χ0v) is 12.5. The van der Waals surface area contributed by atoms with Gasteiger partial charge in [0.25, 0.3) is 0 Å². The van der Waals surface area contributed by atoms with Crippen LogP contribution >= 0.6 is 0 Å². The van der Waals surface area contributed by atoms with E-state index >= 15 is 0 Å². The molecule has 1 aromatic carbocycles. The van der Waals surface area contributed by atoms with Crippen molar-refractivity contribution in [3.8, 4) is 0 Å². The Morgan fingerprint density at radius 1 is 1.19 bits per heavy atom. The Hall–Kier alpha value is -2.20. The molecular formula is C17H20N4. The summed E-state index contributed by atoms with van der Waals surface area (Å²) in [6.45, 7) is 5.07. The third kappa shape index (κ3) is 2.54. The number of para-hydroxylation sites is 2. The monoisotopic (exact) mass is 280 g/mol. The first-order chi connectivity index (χ1) is 10.2. The predicted molar refractivity (Wildman–Crippen MR) is 85.0 cm³/mol. The van der Waals surface area contributed by atoms with Gasteiger partial charge in [-0.3, -0.25) is 4.98 Å². The molecule has 2 aromatic heterocycles. The molecule has 4 nitrogen and oxygen atoms in total. The Morgan fingerprint density at radius 2 is 2.00 bits per heavy atom. The van der Waals surface area contributed by atoms with Crippen LogP contribution < -0.4 is 5.73 Å². The summed E-state index contributed by atoms with van der Waals surface area (Å²) in [5.74, 6) is 1.02. The Balaban J connectivity index is 1.96. The normalized spacial score (nSPS) is 12.7. The van der Waals surface area contributed by atoms with E-state index in [0.29, 0.717) is 6.42 Å². The van der Waals surface area contributed by atoms with Gasteiger partial charge >= 0.3 is 0 Å². The van der Waals surface area contributed by atoms with Gasteiger partial charge in [0.15, 0.2) is 0 Å². The molecule has 2 N–H and O–H groups in total. The van der Waals surface area contributed by atoms with Gasteiger partial charge < -0.3 is 10.3 Å². The van der Waals surface area contributed by atoms with E-state index in [1.165, 1.54) is 5.52 Å². The largest absolute Gasteiger partial charge is 0.328 e. The van der Waals surface area contributed by atoms with Crippen molar-refractivity contribution in [2.24, 2.45) is 5.73 Å². The van der Waals surface area contributed by atoms with Crippen LogP contribution in [0.1, 0.15) is 30.0 Å².